The predicted molar refractivity (Wildman–Crippen MR) is 572 cm³/mol. The quantitative estimate of drug-likeness (QED) is 0.0649. The van der Waals surface area contributed by atoms with E-state index in [1.807, 2.05) is 231 Å². The minimum atomic E-state index is 0.538. The van der Waals surface area contributed by atoms with Gasteiger partial charge in [0.25, 0.3) is 0 Å². The van der Waals surface area contributed by atoms with Crippen molar-refractivity contribution in [3.8, 4) is 237 Å². The van der Waals surface area contributed by atoms with Gasteiger partial charge in [0.2, 0.25) is 0 Å². The summed E-state index contributed by atoms with van der Waals surface area (Å²) in [6, 6.07) is 141. The zero-order chi connectivity index (χ0) is 96.4. The number of nitrogens with zero attached hydrogens (tertiary/aromatic N) is 19. The van der Waals surface area contributed by atoms with E-state index in [4.69, 9.17) is 44.9 Å². The molecule has 0 aliphatic carbocycles. The molecule has 24 aromatic rings. The van der Waals surface area contributed by atoms with Crippen LogP contribution in [0.3, 0.4) is 0 Å². The summed E-state index contributed by atoms with van der Waals surface area (Å²) in [6.07, 6.45) is 25.2. The number of pyridine rings is 10. The van der Waals surface area contributed by atoms with Crippen molar-refractivity contribution in [1.29, 1.82) is 0 Å². The molecule has 19 nitrogen and oxygen atoms in total. The van der Waals surface area contributed by atoms with Crippen LogP contribution in [-0.2, 0) is 0 Å². The molecule has 0 fully saturated rings. The van der Waals surface area contributed by atoms with E-state index < -0.39 is 0 Å². The maximum atomic E-state index is 5.12. The lowest BCUT2D eigenvalue weighted by Gasteiger charge is -2.13. The number of aromatic nitrogens is 19. The standard InChI is InChI=1S/C43H29N5.2C41H27N7/c1-3-13-30(14-4-1)32-17-11-19-34(25-32)41-46-42(35-20-12-18-33(26-35)31-15-5-2-6-16-31)48-43(47-41)38-28-36(39-21-7-9-23-44-39)27-37(29-38)40-22-8-10-24-45-40;1-5-19-42-35(15-1)28-11-9-13-30(23-28)39-46-40(31-14-10-12-29(24-31)36-16-2-6-20-43-36)48-41(47-39)34-26-32(37-17-3-7-21-44-37)25-33(27-34)38-18-4-8-22-45-38;1-3-32(28-7-15-42-16-8-28)23-34(5-1)39-46-40(35-6-2-4-33(24-35)29-9-17-43-18-10-29)48-41(47-39)38-26-36(30-11-19-44-20-12-30)25-37(27-38)31-13-21-45-22-14-31/h1-29H;2*1-27H. The molecular formula is C125H83N19. The minimum Gasteiger partial charge on any atom is -0.265 e. The summed E-state index contributed by atoms with van der Waals surface area (Å²) in [7, 11) is 0. The van der Waals surface area contributed by atoms with Crippen LogP contribution in [-0.4, -0.2) is 94.7 Å². The molecule has 678 valence electrons. The minimum absolute atomic E-state index is 0.538. The molecule has 0 aliphatic heterocycles. The van der Waals surface area contributed by atoms with E-state index >= 15 is 0 Å². The van der Waals surface area contributed by atoms with Crippen molar-refractivity contribution in [2.24, 2.45) is 0 Å². The summed E-state index contributed by atoms with van der Waals surface area (Å²) in [4.78, 5) is 90.4. The summed E-state index contributed by atoms with van der Waals surface area (Å²) in [5.74, 6) is 5.15. The fourth-order valence-corrected chi connectivity index (χ4v) is 17.1. The van der Waals surface area contributed by atoms with Gasteiger partial charge in [0, 0.05) is 170 Å². The topological polar surface area (TPSA) is 245 Å². The van der Waals surface area contributed by atoms with E-state index in [1.54, 1.807) is 86.8 Å². The van der Waals surface area contributed by atoms with Gasteiger partial charge in [0.1, 0.15) is 0 Å². The molecule has 0 bridgehead atoms. The van der Waals surface area contributed by atoms with E-state index in [1.165, 1.54) is 0 Å². The highest BCUT2D eigenvalue weighted by molar-refractivity contribution is 5.86. The second-order valence-electron chi connectivity index (χ2n) is 33.8. The highest BCUT2D eigenvalue weighted by Crippen LogP contribution is 2.41. The van der Waals surface area contributed by atoms with Crippen LogP contribution in [0, 0.1) is 0 Å². The summed E-state index contributed by atoms with van der Waals surface area (Å²) in [6.45, 7) is 0. The van der Waals surface area contributed by atoms with Crippen molar-refractivity contribution in [3.63, 3.8) is 0 Å². The summed E-state index contributed by atoms with van der Waals surface area (Å²) in [5, 5.41) is 0. The maximum Gasteiger partial charge on any atom is 0.164 e. The van der Waals surface area contributed by atoms with Gasteiger partial charge in [-0.3, -0.25) is 49.8 Å². The Hall–Kier alpha value is -20.1. The zero-order valence-electron chi connectivity index (χ0n) is 77.4. The van der Waals surface area contributed by atoms with Crippen molar-refractivity contribution in [2.75, 3.05) is 0 Å². The summed E-state index contributed by atoms with van der Waals surface area (Å²) < 4.78 is 0. The van der Waals surface area contributed by atoms with Crippen LogP contribution in [0.2, 0.25) is 0 Å². The Morgan fingerprint density at radius 3 is 0.472 bits per heavy atom. The Kier molecular flexibility index (Phi) is 26.2. The first kappa shape index (κ1) is 89.2. The van der Waals surface area contributed by atoms with Crippen LogP contribution in [0.15, 0.2) is 505 Å². The average Bonchev–Trinajstić information content (AvgIpc) is 0.783. The van der Waals surface area contributed by atoms with E-state index in [2.05, 4.69) is 238 Å². The molecule has 0 N–H and O–H groups in total. The van der Waals surface area contributed by atoms with E-state index in [-0.39, 0.29) is 0 Å². The molecule has 0 amide bonds. The van der Waals surface area contributed by atoms with Gasteiger partial charge in [0.15, 0.2) is 52.4 Å². The normalized spacial score (nSPS) is 10.9. The van der Waals surface area contributed by atoms with Gasteiger partial charge in [-0.05, 0) is 279 Å². The van der Waals surface area contributed by atoms with E-state index in [0.29, 0.717) is 52.4 Å². The van der Waals surface area contributed by atoms with Crippen LogP contribution >= 0.6 is 0 Å². The molecule has 0 radical (unpaired) electrons. The van der Waals surface area contributed by atoms with Crippen molar-refractivity contribution >= 4 is 0 Å². The Morgan fingerprint density at radius 1 is 0.0903 bits per heavy atom. The lowest BCUT2D eigenvalue weighted by atomic mass is 9.96. The molecular weight excluding hydrogens is 1770 g/mol. The third kappa shape index (κ3) is 20.9. The fraction of sp³-hybridized carbons (Fsp3) is 0. The van der Waals surface area contributed by atoms with Gasteiger partial charge in [-0.2, -0.15) is 0 Å². The molecule has 13 heterocycles. The molecule has 24 rings (SSSR count). The Bertz CT molecular complexity index is 7310. The van der Waals surface area contributed by atoms with Gasteiger partial charge in [0.05, 0.1) is 34.2 Å². The Labute approximate surface area is 831 Å². The van der Waals surface area contributed by atoms with Gasteiger partial charge < -0.3 is 0 Å². The van der Waals surface area contributed by atoms with Gasteiger partial charge >= 0.3 is 0 Å². The van der Waals surface area contributed by atoms with Crippen LogP contribution < -0.4 is 0 Å². The van der Waals surface area contributed by atoms with Crippen LogP contribution in [0.4, 0.5) is 0 Å². The first-order valence-corrected chi connectivity index (χ1v) is 46.9. The molecule has 0 saturated heterocycles. The number of hydrogen-bond acceptors (Lipinski definition) is 19. The highest BCUT2D eigenvalue weighted by Gasteiger charge is 2.23. The maximum absolute atomic E-state index is 5.12. The van der Waals surface area contributed by atoms with Crippen molar-refractivity contribution in [1.82, 2.24) is 94.7 Å². The molecule has 11 aromatic carbocycles. The third-order valence-corrected chi connectivity index (χ3v) is 24.2. The Morgan fingerprint density at radius 2 is 0.243 bits per heavy atom. The zero-order valence-corrected chi connectivity index (χ0v) is 77.4. The lowest BCUT2D eigenvalue weighted by Crippen LogP contribution is -2.01. The van der Waals surface area contributed by atoms with E-state index in [0.717, 1.165) is 184 Å². The number of benzene rings is 11. The highest BCUT2D eigenvalue weighted by atomic mass is 15.1. The number of rotatable bonds is 21. The second kappa shape index (κ2) is 42.3. The molecule has 0 unspecified atom stereocenters. The summed E-state index contributed by atoms with van der Waals surface area (Å²) in [5.41, 5.74) is 31.6. The van der Waals surface area contributed by atoms with Crippen molar-refractivity contribution < 1.29 is 0 Å². The third-order valence-electron chi connectivity index (χ3n) is 24.2. The van der Waals surface area contributed by atoms with Gasteiger partial charge in [-0.15, -0.1) is 0 Å². The predicted octanol–water partition coefficient (Wildman–Crippen LogP) is 28.6. The first-order valence-electron chi connectivity index (χ1n) is 46.9. The lowest BCUT2D eigenvalue weighted by molar-refractivity contribution is 1.07. The molecule has 0 aliphatic rings. The molecule has 144 heavy (non-hydrogen) atoms. The molecule has 0 atom stereocenters. The van der Waals surface area contributed by atoms with Crippen LogP contribution in [0.1, 0.15) is 0 Å². The van der Waals surface area contributed by atoms with Crippen LogP contribution in [0.5, 0.6) is 0 Å². The fourth-order valence-electron chi connectivity index (χ4n) is 17.1. The second-order valence-corrected chi connectivity index (χ2v) is 33.8. The average molecular weight is 1850 g/mol. The van der Waals surface area contributed by atoms with Crippen molar-refractivity contribution in [2.45, 2.75) is 0 Å². The first-order chi connectivity index (χ1) is 71.3. The monoisotopic (exact) mass is 1850 g/mol. The SMILES string of the molecule is c1cc(-c2ccncc2)cc(-c2nc(-c3cccc(-c4ccncc4)c3)nc(-c3cc(-c4ccncc4)cc(-c4ccncc4)c3)n2)c1.c1ccc(-c2cccc(-c3nc(-c4cccc(-c5ccccc5)c4)nc(-c4cc(-c5ccccn5)cc(-c5ccccn5)c4)n3)c2)cc1.c1ccc(-c2cccc(-c3nc(-c4cccc(-c5ccccn5)c4)nc(-c4cc(-c5ccccn5)cc(-c5ccccn5)c4)n3)c2)nc1. The molecule has 13 aromatic heterocycles. The molecule has 19 heteroatoms. The molecule has 0 saturated carbocycles. The number of hydrogen-bond donors (Lipinski definition) is 0. The smallest absolute Gasteiger partial charge is 0.164 e. The van der Waals surface area contributed by atoms with Gasteiger partial charge in [-0.25, -0.2) is 44.9 Å². The van der Waals surface area contributed by atoms with Crippen LogP contribution in [0.25, 0.3) is 237 Å². The Balaban J connectivity index is 0.000000123. The molecule has 0 spiro atoms. The summed E-state index contributed by atoms with van der Waals surface area (Å²) >= 11 is 0. The van der Waals surface area contributed by atoms with Gasteiger partial charge in [-0.1, -0.05) is 206 Å². The largest absolute Gasteiger partial charge is 0.265 e. The van der Waals surface area contributed by atoms with E-state index in [9.17, 15) is 0 Å². The van der Waals surface area contributed by atoms with Crippen molar-refractivity contribution in [3.05, 3.63) is 505 Å².